The van der Waals surface area contributed by atoms with E-state index in [-0.39, 0.29) is 12.5 Å². The largest absolute Gasteiger partial charge is 0.357 e. The molecule has 0 radical (unpaired) electrons. The van der Waals surface area contributed by atoms with Gasteiger partial charge >= 0.3 is 0 Å². The number of guanidine groups is 1. The Morgan fingerprint density at radius 1 is 1.24 bits per heavy atom. The molecule has 0 aliphatic carbocycles. The molecule has 1 rings (SSSR count). The molecule has 5 nitrogen and oxygen atoms in total. The lowest BCUT2D eigenvalue weighted by Crippen LogP contribution is -2.50. The molecule has 1 heterocycles. The second-order valence-corrected chi connectivity index (χ2v) is 6.21. The Labute approximate surface area is 129 Å². The first-order valence-corrected chi connectivity index (χ1v) is 8.34. The first-order valence-electron chi connectivity index (χ1n) is 8.34. The SMILES string of the molecule is CCCC1(C)CCCN(C(=NCC(=O)NCC)NCC)C1. The fraction of sp³-hybridized carbons (Fsp3) is 0.875. The zero-order valence-electron chi connectivity index (χ0n) is 14.2. The summed E-state index contributed by atoms with van der Waals surface area (Å²) in [5.41, 5.74) is 0.370. The third kappa shape index (κ3) is 5.94. The van der Waals surface area contributed by atoms with Crippen molar-refractivity contribution in [3.63, 3.8) is 0 Å². The Morgan fingerprint density at radius 2 is 1.95 bits per heavy atom. The van der Waals surface area contributed by atoms with E-state index in [9.17, 15) is 4.79 Å². The molecule has 5 heteroatoms. The molecular weight excluding hydrogens is 264 g/mol. The minimum Gasteiger partial charge on any atom is -0.357 e. The van der Waals surface area contributed by atoms with Crippen LogP contribution in [0.1, 0.15) is 53.4 Å². The summed E-state index contributed by atoms with van der Waals surface area (Å²) in [5, 5.41) is 6.12. The van der Waals surface area contributed by atoms with Crippen LogP contribution >= 0.6 is 0 Å². The monoisotopic (exact) mass is 296 g/mol. The summed E-state index contributed by atoms with van der Waals surface area (Å²) in [6.07, 6.45) is 4.95. The van der Waals surface area contributed by atoms with Crippen molar-refractivity contribution in [1.29, 1.82) is 0 Å². The van der Waals surface area contributed by atoms with E-state index < -0.39 is 0 Å². The van der Waals surface area contributed by atoms with Crippen molar-refractivity contribution in [3.8, 4) is 0 Å². The molecule has 0 bridgehead atoms. The Hall–Kier alpha value is -1.26. The lowest BCUT2D eigenvalue weighted by molar-refractivity contribution is -0.119. The maximum Gasteiger partial charge on any atom is 0.241 e. The predicted molar refractivity (Wildman–Crippen MR) is 88.5 cm³/mol. The van der Waals surface area contributed by atoms with E-state index in [2.05, 4.69) is 41.3 Å². The summed E-state index contributed by atoms with van der Waals surface area (Å²) < 4.78 is 0. The normalized spacial score (nSPS) is 23.0. The molecule has 2 N–H and O–H groups in total. The molecule has 1 aliphatic rings. The lowest BCUT2D eigenvalue weighted by Gasteiger charge is -2.42. The number of likely N-dealkylation sites (tertiary alicyclic amines) is 1. The highest BCUT2D eigenvalue weighted by atomic mass is 16.1. The van der Waals surface area contributed by atoms with Crippen molar-refractivity contribution in [1.82, 2.24) is 15.5 Å². The van der Waals surface area contributed by atoms with Crippen LogP contribution in [0.4, 0.5) is 0 Å². The summed E-state index contributed by atoms with van der Waals surface area (Å²) in [4.78, 5) is 18.4. The number of nitrogens with one attached hydrogen (secondary N) is 2. The van der Waals surface area contributed by atoms with E-state index in [4.69, 9.17) is 0 Å². The molecule has 122 valence electrons. The number of carbonyl (C=O) groups is 1. The van der Waals surface area contributed by atoms with Gasteiger partial charge in [0.25, 0.3) is 0 Å². The average molecular weight is 296 g/mol. The number of piperidine rings is 1. The number of rotatable bonds is 6. The van der Waals surface area contributed by atoms with Crippen LogP contribution in [-0.2, 0) is 4.79 Å². The van der Waals surface area contributed by atoms with Crippen molar-refractivity contribution in [3.05, 3.63) is 0 Å². The molecule has 1 amide bonds. The number of nitrogens with zero attached hydrogens (tertiary/aromatic N) is 2. The topological polar surface area (TPSA) is 56.7 Å². The molecule has 0 aromatic carbocycles. The lowest BCUT2D eigenvalue weighted by atomic mass is 9.78. The average Bonchev–Trinajstić information content (AvgIpc) is 2.43. The van der Waals surface area contributed by atoms with Crippen LogP contribution in [0.2, 0.25) is 0 Å². The van der Waals surface area contributed by atoms with Gasteiger partial charge in [-0.05, 0) is 38.5 Å². The highest BCUT2D eigenvalue weighted by Gasteiger charge is 2.31. The first-order chi connectivity index (χ1) is 10.0. The van der Waals surface area contributed by atoms with Gasteiger partial charge in [-0.1, -0.05) is 20.3 Å². The van der Waals surface area contributed by atoms with E-state index in [1.54, 1.807) is 0 Å². The molecule has 0 saturated carbocycles. The van der Waals surface area contributed by atoms with Crippen molar-refractivity contribution in [2.75, 3.05) is 32.7 Å². The molecule has 0 aromatic rings. The minimum atomic E-state index is -0.0127. The molecule has 0 spiro atoms. The summed E-state index contributed by atoms with van der Waals surface area (Å²) in [6, 6.07) is 0. The number of likely N-dealkylation sites (N-methyl/N-ethyl adjacent to an activating group) is 1. The van der Waals surface area contributed by atoms with Crippen molar-refractivity contribution >= 4 is 11.9 Å². The van der Waals surface area contributed by atoms with Gasteiger partial charge in [-0.2, -0.15) is 0 Å². The number of amides is 1. The third-order valence-electron chi connectivity index (χ3n) is 4.02. The Balaban J connectivity index is 2.70. The summed E-state index contributed by atoms with van der Waals surface area (Å²) in [7, 11) is 0. The maximum atomic E-state index is 11.6. The Kier molecular flexibility index (Phi) is 7.54. The standard InChI is InChI=1S/C16H32N4O/c1-5-9-16(4)10-8-11-20(13-16)15(18-7-3)19-12-14(21)17-6-2/h5-13H2,1-4H3,(H,17,21)(H,18,19). The van der Waals surface area contributed by atoms with Gasteiger partial charge in [-0.15, -0.1) is 0 Å². The second kappa shape index (κ2) is 8.90. The van der Waals surface area contributed by atoms with E-state index in [1.807, 2.05) is 6.92 Å². The van der Waals surface area contributed by atoms with Gasteiger partial charge in [0.05, 0.1) is 0 Å². The van der Waals surface area contributed by atoms with Gasteiger partial charge in [0, 0.05) is 26.2 Å². The summed E-state index contributed by atoms with van der Waals surface area (Å²) >= 11 is 0. The van der Waals surface area contributed by atoms with E-state index in [0.717, 1.165) is 25.6 Å². The highest BCUT2D eigenvalue weighted by molar-refractivity contribution is 5.85. The smallest absolute Gasteiger partial charge is 0.241 e. The van der Waals surface area contributed by atoms with Crippen LogP contribution in [0.3, 0.4) is 0 Å². The highest BCUT2D eigenvalue weighted by Crippen LogP contribution is 2.33. The van der Waals surface area contributed by atoms with Gasteiger partial charge in [0.1, 0.15) is 6.54 Å². The zero-order valence-corrected chi connectivity index (χ0v) is 14.2. The van der Waals surface area contributed by atoms with Crippen molar-refractivity contribution in [2.45, 2.75) is 53.4 Å². The van der Waals surface area contributed by atoms with Gasteiger partial charge in [0.15, 0.2) is 5.96 Å². The van der Waals surface area contributed by atoms with Crippen LogP contribution in [-0.4, -0.2) is 49.5 Å². The molecule has 1 atom stereocenters. The van der Waals surface area contributed by atoms with Gasteiger partial charge < -0.3 is 15.5 Å². The Morgan fingerprint density at radius 3 is 2.57 bits per heavy atom. The number of aliphatic imine (C=N–C) groups is 1. The van der Waals surface area contributed by atoms with Gasteiger partial charge in [-0.25, -0.2) is 4.99 Å². The summed E-state index contributed by atoms with van der Waals surface area (Å²) in [6.45, 7) is 12.4. The van der Waals surface area contributed by atoms with E-state index in [0.29, 0.717) is 12.0 Å². The number of hydrogen-bond acceptors (Lipinski definition) is 2. The van der Waals surface area contributed by atoms with Crippen LogP contribution < -0.4 is 10.6 Å². The molecule has 21 heavy (non-hydrogen) atoms. The van der Waals surface area contributed by atoms with Crippen molar-refractivity contribution in [2.24, 2.45) is 10.4 Å². The van der Waals surface area contributed by atoms with Gasteiger partial charge in [0.2, 0.25) is 5.91 Å². The number of carbonyl (C=O) groups excluding carboxylic acids is 1. The quantitative estimate of drug-likeness (QED) is 0.582. The van der Waals surface area contributed by atoms with E-state index >= 15 is 0 Å². The fourth-order valence-corrected chi connectivity index (χ4v) is 3.13. The molecule has 1 unspecified atom stereocenters. The first kappa shape index (κ1) is 17.8. The van der Waals surface area contributed by atoms with Gasteiger partial charge in [-0.3, -0.25) is 4.79 Å². The zero-order chi connectivity index (χ0) is 15.7. The van der Waals surface area contributed by atoms with E-state index in [1.165, 1.54) is 25.7 Å². The molecule has 1 saturated heterocycles. The van der Waals surface area contributed by atoms with Crippen LogP contribution in [0.5, 0.6) is 0 Å². The number of hydrogen-bond donors (Lipinski definition) is 2. The molecule has 1 aliphatic heterocycles. The fourth-order valence-electron chi connectivity index (χ4n) is 3.13. The van der Waals surface area contributed by atoms with Crippen molar-refractivity contribution < 1.29 is 4.79 Å². The predicted octanol–water partition coefficient (Wildman–Crippen LogP) is 1.99. The Bertz CT molecular complexity index is 352. The van der Waals surface area contributed by atoms with Crippen LogP contribution in [0, 0.1) is 5.41 Å². The minimum absolute atomic E-state index is 0.0127. The third-order valence-corrected chi connectivity index (χ3v) is 4.02. The summed E-state index contributed by atoms with van der Waals surface area (Å²) in [5.74, 6) is 0.868. The molecule has 0 aromatic heterocycles. The molecular formula is C16H32N4O. The van der Waals surface area contributed by atoms with Crippen LogP contribution in [0.15, 0.2) is 4.99 Å². The second-order valence-electron chi connectivity index (χ2n) is 6.21. The maximum absolute atomic E-state index is 11.6. The molecule has 1 fully saturated rings. The van der Waals surface area contributed by atoms with Crippen LogP contribution in [0.25, 0.3) is 0 Å².